The molecule has 3 N–H and O–H groups in total. The van der Waals surface area contributed by atoms with Crippen LogP contribution in [0.25, 0.3) is 0 Å². The molecule has 0 aliphatic rings. The Morgan fingerprint density at radius 1 is 1.36 bits per heavy atom. The van der Waals surface area contributed by atoms with Gasteiger partial charge in [-0.15, -0.1) is 0 Å². The summed E-state index contributed by atoms with van der Waals surface area (Å²) < 4.78 is 5.51. The number of aliphatic hydroxyl groups excluding tert-OH is 1. The normalized spacial score (nSPS) is 14.9. The lowest BCUT2D eigenvalue weighted by molar-refractivity contribution is 0.0991. The molecular weight excluding hydrogens is 178 g/mol. The summed E-state index contributed by atoms with van der Waals surface area (Å²) in [5.74, 6) is 0.743. The highest BCUT2D eigenvalue weighted by atomic mass is 16.5. The van der Waals surface area contributed by atoms with Gasteiger partial charge in [0, 0.05) is 6.04 Å². The minimum atomic E-state index is -0.335. The van der Waals surface area contributed by atoms with Crippen LogP contribution in [0.3, 0.4) is 0 Å². The zero-order valence-corrected chi connectivity index (χ0v) is 8.60. The van der Waals surface area contributed by atoms with Crippen molar-refractivity contribution < 1.29 is 9.84 Å². The molecule has 0 aromatic heterocycles. The minimum absolute atomic E-state index is 0.0639. The van der Waals surface area contributed by atoms with Gasteiger partial charge in [0.05, 0.1) is 6.61 Å². The molecule has 0 saturated heterocycles. The SMILES string of the molecule is Cc1ccc(OC(CO)C(C)N)cc1. The molecule has 2 atom stereocenters. The largest absolute Gasteiger partial charge is 0.486 e. The van der Waals surface area contributed by atoms with Gasteiger partial charge in [0.2, 0.25) is 0 Å². The summed E-state index contributed by atoms with van der Waals surface area (Å²) >= 11 is 0. The van der Waals surface area contributed by atoms with Crippen LogP contribution >= 0.6 is 0 Å². The molecule has 0 bridgehead atoms. The monoisotopic (exact) mass is 195 g/mol. The summed E-state index contributed by atoms with van der Waals surface area (Å²) in [5, 5.41) is 9.01. The fraction of sp³-hybridized carbons (Fsp3) is 0.455. The summed E-state index contributed by atoms with van der Waals surface area (Å²) in [6.07, 6.45) is -0.335. The van der Waals surface area contributed by atoms with E-state index in [4.69, 9.17) is 15.6 Å². The predicted octanol–water partition coefficient (Wildman–Crippen LogP) is 1.08. The third-order valence-electron chi connectivity index (χ3n) is 2.07. The third-order valence-corrected chi connectivity index (χ3v) is 2.07. The Hall–Kier alpha value is -1.06. The fourth-order valence-electron chi connectivity index (χ4n) is 1.10. The van der Waals surface area contributed by atoms with Crippen LogP contribution in [0.1, 0.15) is 12.5 Å². The van der Waals surface area contributed by atoms with Crippen LogP contribution < -0.4 is 10.5 Å². The summed E-state index contributed by atoms with van der Waals surface area (Å²) in [7, 11) is 0. The Kier molecular flexibility index (Phi) is 3.92. The number of aryl methyl sites for hydroxylation is 1. The second-order valence-corrected chi connectivity index (χ2v) is 3.51. The molecule has 0 saturated carbocycles. The molecule has 1 aromatic carbocycles. The zero-order valence-electron chi connectivity index (χ0n) is 8.60. The van der Waals surface area contributed by atoms with Crippen LogP contribution in [-0.2, 0) is 0 Å². The molecule has 0 heterocycles. The molecule has 2 unspecified atom stereocenters. The van der Waals surface area contributed by atoms with E-state index in [2.05, 4.69) is 0 Å². The van der Waals surface area contributed by atoms with E-state index in [0.29, 0.717) is 0 Å². The second kappa shape index (κ2) is 4.98. The molecule has 1 aromatic rings. The maximum Gasteiger partial charge on any atom is 0.136 e. The number of nitrogens with two attached hydrogens (primary N) is 1. The van der Waals surface area contributed by atoms with E-state index in [1.165, 1.54) is 5.56 Å². The van der Waals surface area contributed by atoms with E-state index >= 15 is 0 Å². The van der Waals surface area contributed by atoms with Crippen molar-refractivity contribution in [3.8, 4) is 5.75 Å². The molecule has 0 aliphatic carbocycles. The molecule has 3 heteroatoms. The van der Waals surface area contributed by atoms with E-state index < -0.39 is 0 Å². The van der Waals surface area contributed by atoms with E-state index in [9.17, 15) is 0 Å². The van der Waals surface area contributed by atoms with Crippen molar-refractivity contribution in [3.63, 3.8) is 0 Å². The average Bonchev–Trinajstić information content (AvgIpc) is 2.16. The Bertz CT molecular complexity index is 269. The number of benzene rings is 1. The van der Waals surface area contributed by atoms with Crippen LogP contribution in [0.15, 0.2) is 24.3 Å². The van der Waals surface area contributed by atoms with Gasteiger partial charge in [-0.1, -0.05) is 17.7 Å². The summed E-state index contributed by atoms with van der Waals surface area (Å²) in [4.78, 5) is 0. The van der Waals surface area contributed by atoms with Crippen LogP contribution in [-0.4, -0.2) is 23.9 Å². The quantitative estimate of drug-likeness (QED) is 0.756. The summed E-state index contributed by atoms with van der Waals surface area (Å²) in [6.45, 7) is 3.76. The van der Waals surface area contributed by atoms with Crippen molar-refractivity contribution in [2.75, 3.05) is 6.61 Å². The van der Waals surface area contributed by atoms with Crippen molar-refractivity contribution in [3.05, 3.63) is 29.8 Å². The second-order valence-electron chi connectivity index (χ2n) is 3.51. The zero-order chi connectivity index (χ0) is 10.6. The lowest BCUT2D eigenvalue weighted by Gasteiger charge is -2.20. The van der Waals surface area contributed by atoms with Gasteiger partial charge in [-0.25, -0.2) is 0 Å². The van der Waals surface area contributed by atoms with Crippen LogP contribution in [0.2, 0.25) is 0 Å². The Morgan fingerprint density at radius 2 is 1.93 bits per heavy atom. The summed E-state index contributed by atoms with van der Waals surface area (Å²) in [6, 6.07) is 7.50. The topological polar surface area (TPSA) is 55.5 Å². The van der Waals surface area contributed by atoms with E-state index in [-0.39, 0.29) is 18.8 Å². The third kappa shape index (κ3) is 3.01. The Balaban J connectivity index is 2.63. The molecule has 14 heavy (non-hydrogen) atoms. The molecular formula is C11H17NO2. The minimum Gasteiger partial charge on any atom is -0.486 e. The highest BCUT2D eigenvalue weighted by Gasteiger charge is 2.13. The van der Waals surface area contributed by atoms with Crippen molar-refractivity contribution >= 4 is 0 Å². The first-order valence-electron chi connectivity index (χ1n) is 4.73. The molecule has 1 rings (SSSR count). The van der Waals surface area contributed by atoms with Crippen molar-refractivity contribution in [2.45, 2.75) is 26.0 Å². The molecule has 0 radical (unpaired) electrons. The average molecular weight is 195 g/mol. The number of rotatable bonds is 4. The van der Waals surface area contributed by atoms with Crippen molar-refractivity contribution in [1.29, 1.82) is 0 Å². The fourth-order valence-corrected chi connectivity index (χ4v) is 1.10. The van der Waals surface area contributed by atoms with E-state index in [0.717, 1.165) is 5.75 Å². The smallest absolute Gasteiger partial charge is 0.136 e. The molecule has 3 nitrogen and oxygen atoms in total. The first-order valence-corrected chi connectivity index (χ1v) is 4.73. The predicted molar refractivity (Wildman–Crippen MR) is 56.3 cm³/mol. The standard InChI is InChI=1S/C11H17NO2/c1-8-3-5-10(6-4-8)14-11(7-13)9(2)12/h3-6,9,11,13H,7,12H2,1-2H3. The van der Waals surface area contributed by atoms with Crippen LogP contribution in [0.5, 0.6) is 5.75 Å². The number of aliphatic hydroxyl groups is 1. The van der Waals surface area contributed by atoms with E-state index in [1.807, 2.05) is 38.1 Å². The van der Waals surface area contributed by atoms with Gasteiger partial charge in [0.1, 0.15) is 11.9 Å². The highest BCUT2D eigenvalue weighted by Crippen LogP contribution is 2.13. The molecule has 78 valence electrons. The number of ether oxygens (including phenoxy) is 1. The van der Waals surface area contributed by atoms with Crippen LogP contribution in [0, 0.1) is 6.92 Å². The molecule has 0 fully saturated rings. The Labute approximate surface area is 84.5 Å². The molecule has 0 aliphatic heterocycles. The molecule has 0 amide bonds. The Morgan fingerprint density at radius 3 is 2.36 bits per heavy atom. The van der Waals surface area contributed by atoms with Gasteiger partial charge in [-0.05, 0) is 26.0 Å². The van der Waals surface area contributed by atoms with Gasteiger partial charge in [-0.3, -0.25) is 0 Å². The molecule has 0 spiro atoms. The van der Waals surface area contributed by atoms with Gasteiger partial charge in [0.25, 0.3) is 0 Å². The van der Waals surface area contributed by atoms with Crippen LogP contribution in [0.4, 0.5) is 0 Å². The lowest BCUT2D eigenvalue weighted by atomic mass is 10.2. The van der Waals surface area contributed by atoms with Gasteiger partial charge in [0.15, 0.2) is 0 Å². The van der Waals surface area contributed by atoms with Crippen molar-refractivity contribution in [1.82, 2.24) is 0 Å². The maximum absolute atomic E-state index is 9.01. The van der Waals surface area contributed by atoms with E-state index in [1.54, 1.807) is 0 Å². The lowest BCUT2D eigenvalue weighted by Crippen LogP contribution is -2.39. The first-order chi connectivity index (χ1) is 6.63. The van der Waals surface area contributed by atoms with Crippen molar-refractivity contribution in [2.24, 2.45) is 5.73 Å². The maximum atomic E-state index is 9.01. The van der Waals surface area contributed by atoms with Gasteiger partial charge < -0.3 is 15.6 Å². The first kappa shape index (κ1) is 11.0. The highest BCUT2D eigenvalue weighted by molar-refractivity contribution is 5.26. The number of hydrogen-bond acceptors (Lipinski definition) is 3. The van der Waals surface area contributed by atoms with Gasteiger partial charge in [-0.2, -0.15) is 0 Å². The number of hydrogen-bond donors (Lipinski definition) is 2. The summed E-state index contributed by atoms with van der Waals surface area (Å²) in [5.41, 5.74) is 6.82. The van der Waals surface area contributed by atoms with Gasteiger partial charge >= 0.3 is 0 Å².